The molecule has 106 valence electrons. The molecule has 1 aromatic carbocycles. The third kappa shape index (κ3) is 3.44. The van der Waals surface area contributed by atoms with Gasteiger partial charge in [-0.3, -0.25) is 4.79 Å². The summed E-state index contributed by atoms with van der Waals surface area (Å²) in [7, 11) is 1.49. The molecule has 1 rings (SSSR count). The molecule has 0 fully saturated rings. The Kier molecular flexibility index (Phi) is 5.30. The Balaban J connectivity index is 3.18. The van der Waals surface area contributed by atoms with Crippen LogP contribution in [0.5, 0.6) is 5.75 Å². The number of carboxylic acids is 1. The van der Waals surface area contributed by atoms with Crippen molar-refractivity contribution in [2.45, 2.75) is 39.2 Å². The lowest BCUT2D eigenvalue weighted by Gasteiger charge is -2.20. The monoisotopic (exact) mass is 269 g/mol. The normalized spacial score (nSPS) is 12.3. The van der Waals surface area contributed by atoms with Gasteiger partial charge in [0.2, 0.25) is 0 Å². The van der Waals surface area contributed by atoms with Crippen LogP contribution in [0.3, 0.4) is 0 Å². The summed E-state index contributed by atoms with van der Waals surface area (Å²) in [6.45, 7) is 3.59. The second-order valence-electron chi connectivity index (χ2n) is 4.48. The molecule has 1 unspecified atom stereocenters. The SMILES string of the molecule is CCc1c(C(N)CCC(=O)O)cc(F)c(C)c1OC. The molecule has 5 heteroatoms. The second-order valence-corrected chi connectivity index (χ2v) is 4.48. The standard InChI is InChI=1S/C14H20FNO3/c1-4-9-10(12(16)5-6-13(17)18)7-11(15)8(2)14(9)19-3/h7,12H,4-6,16H2,1-3H3,(H,17,18). The highest BCUT2D eigenvalue weighted by atomic mass is 19.1. The summed E-state index contributed by atoms with van der Waals surface area (Å²) in [6, 6.07) is 0.887. The molecule has 0 aromatic heterocycles. The number of rotatable bonds is 6. The third-order valence-electron chi connectivity index (χ3n) is 3.23. The van der Waals surface area contributed by atoms with Gasteiger partial charge in [0.15, 0.2) is 0 Å². The van der Waals surface area contributed by atoms with Gasteiger partial charge in [0, 0.05) is 18.0 Å². The number of nitrogens with two attached hydrogens (primary N) is 1. The molecule has 0 aliphatic rings. The minimum Gasteiger partial charge on any atom is -0.496 e. The van der Waals surface area contributed by atoms with Gasteiger partial charge < -0.3 is 15.6 Å². The number of methoxy groups -OCH3 is 1. The van der Waals surface area contributed by atoms with E-state index < -0.39 is 12.0 Å². The number of ether oxygens (including phenoxy) is 1. The number of hydrogen-bond donors (Lipinski definition) is 2. The zero-order chi connectivity index (χ0) is 14.6. The Morgan fingerprint density at radius 1 is 1.58 bits per heavy atom. The number of carbonyl (C=O) groups is 1. The van der Waals surface area contributed by atoms with Crippen LogP contribution in [0.4, 0.5) is 4.39 Å². The Bertz CT molecular complexity index is 474. The minimum atomic E-state index is -0.909. The maximum absolute atomic E-state index is 13.9. The first-order chi connectivity index (χ1) is 8.92. The predicted molar refractivity (Wildman–Crippen MR) is 70.9 cm³/mol. The Hall–Kier alpha value is -1.62. The van der Waals surface area contributed by atoms with Crippen LogP contribution >= 0.6 is 0 Å². The maximum atomic E-state index is 13.9. The maximum Gasteiger partial charge on any atom is 0.303 e. The first-order valence-electron chi connectivity index (χ1n) is 6.25. The molecule has 0 amide bonds. The van der Waals surface area contributed by atoms with Gasteiger partial charge in [-0.25, -0.2) is 4.39 Å². The zero-order valence-corrected chi connectivity index (χ0v) is 11.5. The molecule has 3 N–H and O–H groups in total. The van der Waals surface area contributed by atoms with Gasteiger partial charge in [-0.15, -0.1) is 0 Å². The highest BCUT2D eigenvalue weighted by molar-refractivity contribution is 5.66. The zero-order valence-electron chi connectivity index (χ0n) is 11.5. The molecule has 0 saturated carbocycles. The topological polar surface area (TPSA) is 72.6 Å². The second kappa shape index (κ2) is 6.52. The molecular weight excluding hydrogens is 249 g/mol. The van der Waals surface area contributed by atoms with Crippen molar-refractivity contribution < 1.29 is 19.0 Å². The van der Waals surface area contributed by atoms with Crippen molar-refractivity contribution in [3.63, 3.8) is 0 Å². The van der Waals surface area contributed by atoms with Crippen LogP contribution < -0.4 is 10.5 Å². The van der Waals surface area contributed by atoms with Gasteiger partial charge in [-0.2, -0.15) is 0 Å². The largest absolute Gasteiger partial charge is 0.496 e. The smallest absolute Gasteiger partial charge is 0.303 e. The van der Waals surface area contributed by atoms with Crippen LogP contribution in [0, 0.1) is 12.7 Å². The van der Waals surface area contributed by atoms with E-state index >= 15 is 0 Å². The molecular formula is C14H20FNO3. The molecule has 0 aliphatic carbocycles. The van der Waals surface area contributed by atoms with E-state index in [1.165, 1.54) is 13.2 Å². The molecule has 0 bridgehead atoms. The van der Waals surface area contributed by atoms with Crippen LogP contribution in [-0.2, 0) is 11.2 Å². The van der Waals surface area contributed by atoms with Crippen molar-refractivity contribution in [1.82, 2.24) is 0 Å². The Morgan fingerprint density at radius 2 is 2.21 bits per heavy atom. The third-order valence-corrected chi connectivity index (χ3v) is 3.23. The van der Waals surface area contributed by atoms with Crippen LogP contribution in [0.15, 0.2) is 6.07 Å². The van der Waals surface area contributed by atoms with E-state index in [0.29, 0.717) is 23.3 Å². The summed E-state index contributed by atoms with van der Waals surface area (Å²) in [4.78, 5) is 10.6. The van der Waals surface area contributed by atoms with Crippen molar-refractivity contribution in [1.29, 1.82) is 0 Å². The Labute approximate surface area is 112 Å². The lowest BCUT2D eigenvalue weighted by atomic mass is 9.93. The molecule has 0 radical (unpaired) electrons. The average Bonchev–Trinajstić information content (AvgIpc) is 2.38. The van der Waals surface area contributed by atoms with Gasteiger partial charge in [-0.05, 0) is 37.0 Å². The van der Waals surface area contributed by atoms with E-state index in [0.717, 1.165) is 5.56 Å². The quantitative estimate of drug-likeness (QED) is 0.832. The molecule has 0 spiro atoms. The molecule has 0 heterocycles. The lowest BCUT2D eigenvalue weighted by Crippen LogP contribution is -2.16. The minimum absolute atomic E-state index is 0.0396. The van der Waals surface area contributed by atoms with Gasteiger partial charge in [0.25, 0.3) is 0 Å². The summed E-state index contributed by atoms with van der Waals surface area (Å²) in [5, 5.41) is 8.68. The van der Waals surface area contributed by atoms with Crippen molar-refractivity contribution in [2.75, 3.05) is 7.11 Å². The van der Waals surface area contributed by atoms with Crippen LogP contribution in [-0.4, -0.2) is 18.2 Å². The molecule has 4 nitrogen and oxygen atoms in total. The van der Waals surface area contributed by atoms with Gasteiger partial charge in [0.1, 0.15) is 11.6 Å². The fourth-order valence-corrected chi connectivity index (χ4v) is 2.20. The number of halogens is 1. The summed E-state index contributed by atoms with van der Waals surface area (Å²) in [5.41, 5.74) is 7.90. The number of carboxylic acid groups (broad SMARTS) is 1. The van der Waals surface area contributed by atoms with Crippen molar-refractivity contribution in [3.8, 4) is 5.75 Å². The highest BCUT2D eigenvalue weighted by Crippen LogP contribution is 2.33. The lowest BCUT2D eigenvalue weighted by molar-refractivity contribution is -0.137. The predicted octanol–water partition coefficient (Wildman–Crippen LogP) is 2.57. The fraction of sp³-hybridized carbons (Fsp3) is 0.500. The van der Waals surface area contributed by atoms with Crippen LogP contribution in [0.1, 0.15) is 42.5 Å². The number of benzene rings is 1. The van der Waals surface area contributed by atoms with E-state index in [1.807, 2.05) is 6.92 Å². The van der Waals surface area contributed by atoms with Crippen molar-refractivity contribution in [3.05, 3.63) is 28.6 Å². The van der Waals surface area contributed by atoms with E-state index in [-0.39, 0.29) is 18.7 Å². The Morgan fingerprint density at radius 3 is 2.68 bits per heavy atom. The van der Waals surface area contributed by atoms with Crippen molar-refractivity contribution >= 4 is 5.97 Å². The summed E-state index contributed by atoms with van der Waals surface area (Å²) < 4.78 is 19.1. The highest BCUT2D eigenvalue weighted by Gasteiger charge is 2.19. The molecule has 1 aromatic rings. The fourth-order valence-electron chi connectivity index (χ4n) is 2.20. The van der Waals surface area contributed by atoms with Gasteiger partial charge in [0.05, 0.1) is 7.11 Å². The number of hydrogen-bond acceptors (Lipinski definition) is 3. The summed E-state index contributed by atoms with van der Waals surface area (Å²) in [6.07, 6.45) is 0.885. The van der Waals surface area contributed by atoms with Gasteiger partial charge in [-0.1, -0.05) is 6.92 Å². The molecule has 0 aliphatic heterocycles. The molecule has 1 atom stereocenters. The average molecular weight is 269 g/mol. The van der Waals surface area contributed by atoms with E-state index in [2.05, 4.69) is 0 Å². The summed E-state index contributed by atoms with van der Waals surface area (Å²) >= 11 is 0. The summed E-state index contributed by atoms with van der Waals surface area (Å²) in [5.74, 6) is -0.786. The van der Waals surface area contributed by atoms with Crippen LogP contribution in [0.25, 0.3) is 0 Å². The van der Waals surface area contributed by atoms with E-state index in [4.69, 9.17) is 15.6 Å². The van der Waals surface area contributed by atoms with Crippen LogP contribution in [0.2, 0.25) is 0 Å². The first kappa shape index (κ1) is 15.4. The molecule has 0 saturated heterocycles. The van der Waals surface area contributed by atoms with Crippen molar-refractivity contribution in [2.24, 2.45) is 5.73 Å². The first-order valence-corrected chi connectivity index (χ1v) is 6.25. The van der Waals surface area contributed by atoms with E-state index in [1.54, 1.807) is 6.92 Å². The number of aliphatic carboxylic acids is 1. The van der Waals surface area contributed by atoms with E-state index in [9.17, 15) is 9.18 Å². The van der Waals surface area contributed by atoms with Gasteiger partial charge >= 0.3 is 5.97 Å². The molecule has 19 heavy (non-hydrogen) atoms.